The van der Waals surface area contributed by atoms with Crippen molar-refractivity contribution in [3.05, 3.63) is 35.9 Å². The van der Waals surface area contributed by atoms with E-state index in [2.05, 4.69) is 60.1 Å². The molecule has 2 N–H and O–H groups in total. The van der Waals surface area contributed by atoms with Crippen LogP contribution in [0.5, 0.6) is 0 Å². The monoisotopic (exact) mass is 246 g/mol. The van der Waals surface area contributed by atoms with Gasteiger partial charge in [0, 0.05) is 13.1 Å². The SMILES string of the molecule is CN(C)CCN1C(N)=NCC1(C)c1ccccc1. The van der Waals surface area contributed by atoms with Gasteiger partial charge in [0.2, 0.25) is 0 Å². The van der Waals surface area contributed by atoms with Crippen LogP contribution in [0.15, 0.2) is 35.3 Å². The third kappa shape index (κ3) is 2.34. The van der Waals surface area contributed by atoms with Crippen LogP contribution in [0.3, 0.4) is 0 Å². The second-order valence-electron chi connectivity index (χ2n) is 5.27. The van der Waals surface area contributed by atoms with Gasteiger partial charge < -0.3 is 15.5 Å². The van der Waals surface area contributed by atoms with E-state index >= 15 is 0 Å². The Morgan fingerprint density at radius 3 is 2.61 bits per heavy atom. The molecular weight excluding hydrogens is 224 g/mol. The van der Waals surface area contributed by atoms with Gasteiger partial charge in [-0.3, -0.25) is 4.99 Å². The number of nitrogens with two attached hydrogens (primary N) is 1. The maximum absolute atomic E-state index is 6.04. The van der Waals surface area contributed by atoms with Gasteiger partial charge in [-0.25, -0.2) is 0 Å². The lowest BCUT2D eigenvalue weighted by molar-refractivity contribution is 0.205. The zero-order chi connectivity index (χ0) is 13.2. The molecule has 1 aliphatic heterocycles. The Labute approximate surface area is 109 Å². The van der Waals surface area contributed by atoms with Crippen LogP contribution in [0.4, 0.5) is 0 Å². The van der Waals surface area contributed by atoms with Crippen molar-refractivity contribution in [3.63, 3.8) is 0 Å². The van der Waals surface area contributed by atoms with E-state index in [1.165, 1.54) is 5.56 Å². The summed E-state index contributed by atoms with van der Waals surface area (Å²) < 4.78 is 0. The molecule has 4 heteroatoms. The molecule has 0 aromatic heterocycles. The second-order valence-corrected chi connectivity index (χ2v) is 5.27. The van der Waals surface area contributed by atoms with E-state index in [1.54, 1.807) is 0 Å². The quantitative estimate of drug-likeness (QED) is 0.865. The summed E-state index contributed by atoms with van der Waals surface area (Å²) in [6, 6.07) is 10.5. The summed E-state index contributed by atoms with van der Waals surface area (Å²) in [4.78, 5) is 8.80. The molecule has 0 radical (unpaired) electrons. The van der Waals surface area contributed by atoms with Crippen LogP contribution < -0.4 is 5.73 Å². The van der Waals surface area contributed by atoms with Crippen molar-refractivity contribution in [2.75, 3.05) is 33.7 Å². The predicted molar refractivity (Wildman–Crippen MR) is 75.5 cm³/mol. The lowest BCUT2D eigenvalue weighted by Gasteiger charge is -2.37. The molecule has 0 fully saturated rings. The van der Waals surface area contributed by atoms with Crippen molar-refractivity contribution in [1.29, 1.82) is 0 Å². The minimum atomic E-state index is -0.110. The van der Waals surface area contributed by atoms with Crippen LogP contribution in [0, 0.1) is 0 Å². The van der Waals surface area contributed by atoms with Gasteiger partial charge in [0.15, 0.2) is 5.96 Å². The summed E-state index contributed by atoms with van der Waals surface area (Å²) in [5.41, 5.74) is 7.20. The normalized spacial score (nSPS) is 23.6. The van der Waals surface area contributed by atoms with Crippen molar-refractivity contribution in [3.8, 4) is 0 Å². The summed E-state index contributed by atoms with van der Waals surface area (Å²) >= 11 is 0. The molecule has 0 saturated heterocycles. The van der Waals surface area contributed by atoms with E-state index in [9.17, 15) is 0 Å². The zero-order valence-corrected chi connectivity index (χ0v) is 11.4. The lowest BCUT2D eigenvalue weighted by Crippen LogP contribution is -2.49. The Morgan fingerprint density at radius 2 is 2.00 bits per heavy atom. The molecule has 1 heterocycles. The smallest absolute Gasteiger partial charge is 0.192 e. The van der Waals surface area contributed by atoms with Crippen molar-refractivity contribution in [2.45, 2.75) is 12.5 Å². The number of rotatable bonds is 4. The molecule has 1 aliphatic rings. The van der Waals surface area contributed by atoms with Crippen LogP contribution in [0.25, 0.3) is 0 Å². The van der Waals surface area contributed by atoms with Crippen molar-refractivity contribution in [2.24, 2.45) is 10.7 Å². The fraction of sp³-hybridized carbons (Fsp3) is 0.500. The van der Waals surface area contributed by atoms with E-state index in [0.29, 0.717) is 5.96 Å². The van der Waals surface area contributed by atoms with Gasteiger partial charge in [-0.15, -0.1) is 0 Å². The molecule has 0 aliphatic carbocycles. The molecular formula is C14H22N4. The first kappa shape index (κ1) is 12.9. The molecule has 0 saturated carbocycles. The average molecular weight is 246 g/mol. The zero-order valence-electron chi connectivity index (χ0n) is 11.4. The van der Waals surface area contributed by atoms with Crippen LogP contribution in [0.2, 0.25) is 0 Å². The molecule has 0 spiro atoms. The van der Waals surface area contributed by atoms with Gasteiger partial charge in [0.25, 0.3) is 0 Å². The highest BCUT2D eigenvalue weighted by Crippen LogP contribution is 2.32. The molecule has 1 atom stereocenters. The number of nitrogens with zero attached hydrogens (tertiary/aromatic N) is 3. The molecule has 0 bridgehead atoms. The Bertz CT molecular complexity index is 427. The molecule has 0 amide bonds. The largest absolute Gasteiger partial charge is 0.370 e. The summed E-state index contributed by atoms with van der Waals surface area (Å²) in [5.74, 6) is 0.656. The van der Waals surface area contributed by atoms with Crippen molar-refractivity contribution < 1.29 is 0 Å². The van der Waals surface area contributed by atoms with E-state index in [1.807, 2.05) is 6.07 Å². The number of aliphatic imine (C=N–C) groups is 1. The topological polar surface area (TPSA) is 44.9 Å². The van der Waals surface area contributed by atoms with Gasteiger partial charge in [-0.1, -0.05) is 30.3 Å². The number of likely N-dealkylation sites (N-methyl/N-ethyl adjacent to an activating group) is 1. The summed E-state index contributed by atoms with van der Waals surface area (Å²) in [5, 5.41) is 0. The van der Waals surface area contributed by atoms with Gasteiger partial charge in [0.1, 0.15) is 0 Å². The molecule has 2 rings (SSSR count). The highest BCUT2D eigenvalue weighted by atomic mass is 15.4. The Kier molecular flexibility index (Phi) is 3.57. The second kappa shape index (κ2) is 4.98. The van der Waals surface area contributed by atoms with Crippen molar-refractivity contribution in [1.82, 2.24) is 9.80 Å². The Hall–Kier alpha value is -1.55. The Balaban J connectivity index is 2.21. The summed E-state index contributed by atoms with van der Waals surface area (Å²) in [7, 11) is 4.15. The van der Waals surface area contributed by atoms with E-state index in [-0.39, 0.29) is 5.54 Å². The first-order chi connectivity index (χ1) is 8.54. The van der Waals surface area contributed by atoms with Gasteiger partial charge in [-0.05, 0) is 26.6 Å². The van der Waals surface area contributed by atoms with E-state index in [4.69, 9.17) is 5.73 Å². The van der Waals surface area contributed by atoms with Gasteiger partial charge in [0.05, 0.1) is 12.1 Å². The fourth-order valence-electron chi connectivity index (χ4n) is 2.36. The van der Waals surface area contributed by atoms with Gasteiger partial charge >= 0.3 is 0 Å². The maximum atomic E-state index is 6.04. The predicted octanol–water partition coefficient (Wildman–Crippen LogP) is 1.09. The first-order valence-electron chi connectivity index (χ1n) is 6.32. The molecule has 18 heavy (non-hydrogen) atoms. The molecule has 1 aromatic rings. The molecule has 98 valence electrons. The maximum Gasteiger partial charge on any atom is 0.192 e. The van der Waals surface area contributed by atoms with E-state index in [0.717, 1.165) is 19.6 Å². The van der Waals surface area contributed by atoms with Crippen LogP contribution in [-0.4, -0.2) is 49.5 Å². The summed E-state index contributed by atoms with van der Waals surface area (Å²) in [6.07, 6.45) is 0. The number of hydrogen-bond acceptors (Lipinski definition) is 4. The minimum absolute atomic E-state index is 0.110. The van der Waals surface area contributed by atoms with Crippen molar-refractivity contribution >= 4 is 5.96 Å². The fourth-order valence-corrected chi connectivity index (χ4v) is 2.36. The number of benzene rings is 1. The van der Waals surface area contributed by atoms with Gasteiger partial charge in [-0.2, -0.15) is 0 Å². The number of guanidine groups is 1. The average Bonchev–Trinajstić information content (AvgIpc) is 2.65. The highest BCUT2D eigenvalue weighted by Gasteiger charge is 2.38. The first-order valence-corrected chi connectivity index (χ1v) is 6.32. The van der Waals surface area contributed by atoms with Crippen LogP contribution in [0.1, 0.15) is 12.5 Å². The summed E-state index contributed by atoms with van der Waals surface area (Å²) in [6.45, 7) is 4.81. The highest BCUT2D eigenvalue weighted by molar-refractivity contribution is 5.81. The minimum Gasteiger partial charge on any atom is -0.370 e. The Morgan fingerprint density at radius 1 is 1.33 bits per heavy atom. The standard InChI is InChI=1S/C14H22N4/c1-14(12-7-5-4-6-8-12)11-16-13(15)18(14)10-9-17(2)3/h4-8H,9-11H2,1-3H3,(H2,15,16). The van der Waals surface area contributed by atoms with Crippen LogP contribution in [-0.2, 0) is 5.54 Å². The molecule has 1 aromatic carbocycles. The number of hydrogen-bond donors (Lipinski definition) is 1. The third-order valence-electron chi connectivity index (χ3n) is 3.59. The lowest BCUT2D eigenvalue weighted by atomic mass is 9.91. The third-order valence-corrected chi connectivity index (χ3v) is 3.59. The molecule has 4 nitrogen and oxygen atoms in total. The molecule has 1 unspecified atom stereocenters. The van der Waals surface area contributed by atoms with Crippen LogP contribution >= 0.6 is 0 Å². The van der Waals surface area contributed by atoms with E-state index < -0.39 is 0 Å².